The average Bonchev–Trinajstić information content (AvgIpc) is 3.30. The lowest BCUT2D eigenvalue weighted by atomic mass is 9.98. The Bertz CT molecular complexity index is 1130. The third-order valence-electron chi connectivity index (χ3n) is 5.87. The summed E-state index contributed by atoms with van der Waals surface area (Å²) in [6.07, 6.45) is 9.17. The van der Waals surface area contributed by atoms with E-state index in [1.165, 1.54) is 18.3 Å². The molecule has 3 rings (SSSR count). The van der Waals surface area contributed by atoms with Crippen molar-refractivity contribution in [3.8, 4) is 12.3 Å². The van der Waals surface area contributed by atoms with Gasteiger partial charge in [-0.3, -0.25) is 9.59 Å². The summed E-state index contributed by atoms with van der Waals surface area (Å²) >= 11 is 0. The van der Waals surface area contributed by atoms with E-state index in [0.717, 1.165) is 5.57 Å². The average molecular weight is 464 g/mol. The van der Waals surface area contributed by atoms with Crippen LogP contribution in [0.1, 0.15) is 55.5 Å². The summed E-state index contributed by atoms with van der Waals surface area (Å²) in [5.41, 5.74) is 1.94. The molecule has 8 heteroatoms. The van der Waals surface area contributed by atoms with Gasteiger partial charge in [-0.05, 0) is 54.3 Å². The zero-order valence-electron chi connectivity index (χ0n) is 19.8. The number of carbonyl (C=O) groups excluding carboxylic acids is 2. The van der Waals surface area contributed by atoms with E-state index in [1.807, 2.05) is 20.8 Å². The molecular weight excluding hydrogens is 433 g/mol. The number of rotatable bonds is 7. The first-order chi connectivity index (χ1) is 16.2. The molecule has 1 aliphatic rings. The topological polar surface area (TPSA) is 93.2 Å². The third-order valence-corrected chi connectivity index (χ3v) is 5.87. The molecule has 1 aliphatic heterocycles. The molecule has 1 aromatic carbocycles. The Kier molecular flexibility index (Phi) is 8.00. The van der Waals surface area contributed by atoms with Gasteiger partial charge in [-0.1, -0.05) is 13.8 Å². The summed E-state index contributed by atoms with van der Waals surface area (Å²) in [4.78, 5) is 36.4. The van der Waals surface area contributed by atoms with Gasteiger partial charge in [-0.25, -0.2) is 9.37 Å². The zero-order chi connectivity index (χ0) is 24.8. The fourth-order valence-electron chi connectivity index (χ4n) is 3.96. The number of nitrogens with zero attached hydrogens (tertiary/aromatic N) is 3. The number of allylic oxidation sites excluding steroid dienone is 2. The molecule has 7 nitrogen and oxygen atoms in total. The van der Waals surface area contributed by atoms with Crippen LogP contribution < -0.4 is 0 Å². The molecule has 0 radical (unpaired) electrons. The molecule has 0 bridgehead atoms. The number of carbonyl (C=O) groups is 2. The Morgan fingerprint density at radius 2 is 2.03 bits per heavy atom. The van der Waals surface area contributed by atoms with Crippen molar-refractivity contribution < 1.29 is 14.0 Å². The van der Waals surface area contributed by atoms with Crippen LogP contribution in [0.3, 0.4) is 0 Å². The van der Waals surface area contributed by atoms with Crippen molar-refractivity contribution in [2.45, 2.75) is 39.7 Å². The summed E-state index contributed by atoms with van der Waals surface area (Å²) in [6, 6.07) is 5.65. The van der Waals surface area contributed by atoms with Gasteiger partial charge in [0.05, 0.1) is 11.9 Å². The van der Waals surface area contributed by atoms with E-state index in [0.29, 0.717) is 49.6 Å². The number of halogens is 1. The van der Waals surface area contributed by atoms with E-state index in [-0.39, 0.29) is 35.3 Å². The van der Waals surface area contributed by atoms with Crippen molar-refractivity contribution in [1.29, 1.82) is 5.41 Å². The van der Waals surface area contributed by atoms with Crippen molar-refractivity contribution in [2.24, 2.45) is 5.92 Å². The summed E-state index contributed by atoms with van der Waals surface area (Å²) in [7, 11) is 0. The molecule has 2 amide bonds. The Morgan fingerprint density at radius 1 is 1.32 bits per heavy atom. The van der Waals surface area contributed by atoms with Gasteiger partial charge in [0.15, 0.2) is 0 Å². The summed E-state index contributed by atoms with van der Waals surface area (Å²) in [6.45, 7) is 7.20. The highest BCUT2D eigenvalue weighted by Gasteiger charge is 2.30. The second kappa shape index (κ2) is 10.9. The van der Waals surface area contributed by atoms with Crippen LogP contribution in [0.25, 0.3) is 5.57 Å². The van der Waals surface area contributed by atoms with Crippen LogP contribution in [-0.2, 0) is 4.79 Å². The molecule has 1 fully saturated rings. The quantitative estimate of drug-likeness (QED) is 0.484. The van der Waals surface area contributed by atoms with E-state index in [4.69, 9.17) is 11.8 Å². The standard InChI is InChI=1S/C26H30FN5O2/c1-5-6-7-24(33)32-13-12-31(16-18(32)4)26(34)23-15-29-25(30-23)21(17(2)3)14-22(28)19-8-10-20(27)11-9-19/h1,8-11,14-15,17-18,28H,6-7,12-13,16H2,2-4H3,(H,29,30)/b21-14-,28-22?. The normalized spacial score (nSPS) is 16.5. The first-order valence-electron chi connectivity index (χ1n) is 11.3. The molecule has 0 saturated carbocycles. The molecule has 1 aromatic heterocycles. The SMILES string of the molecule is C#CCCC(=O)N1CCN(C(=O)c2cnc(/C(=C\C(=N)c3ccc(F)cc3)C(C)C)[nH]2)CC1C. The largest absolute Gasteiger partial charge is 0.336 e. The van der Waals surface area contributed by atoms with Crippen LogP contribution in [0.4, 0.5) is 4.39 Å². The number of terminal acetylenes is 1. The van der Waals surface area contributed by atoms with Gasteiger partial charge in [-0.15, -0.1) is 12.3 Å². The monoisotopic (exact) mass is 463 g/mol. The van der Waals surface area contributed by atoms with E-state index in [2.05, 4.69) is 15.9 Å². The third kappa shape index (κ3) is 5.79. The van der Waals surface area contributed by atoms with Gasteiger partial charge in [0, 0.05) is 38.5 Å². The van der Waals surface area contributed by atoms with Crippen LogP contribution >= 0.6 is 0 Å². The second-order valence-electron chi connectivity index (χ2n) is 8.71. The van der Waals surface area contributed by atoms with Crippen LogP contribution in [0.15, 0.2) is 36.5 Å². The number of amides is 2. The predicted molar refractivity (Wildman–Crippen MR) is 130 cm³/mol. The molecule has 1 saturated heterocycles. The molecule has 2 heterocycles. The van der Waals surface area contributed by atoms with E-state index in [1.54, 1.807) is 28.0 Å². The summed E-state index contributed by atoms with van der Waals surface area (Å²) in [5.74, 6) is 2.51. The summed E-state index contributed by atoms with van der Waals surface area (Å²) in [5, 5.41) is 8.38. The van der Waals surface area contributed by atoms with Crippen molar-refractivity contribution in [3.05, 3.63) is 59.4 Å². The number of hydrogen-bond acceptors (Lipinski definition) is 4. The molecule has 1 atom stereocenters. The number of hydrogen-bond donors (Lipinski definition) is 2. The zero-order valence-corrected chi connectivity index (χ0v) is 19.8. The molecule has 1 unspecified atom stereocenters. The lowest BCUT2D eigenvalue weighted by Gasteiger charge is -2.39. The van der Waals surface area contributed by atoms with Gasteiger partial charge in [0.1, 0.15) is 17.3 Å². The molecule has 34 heavy (non-hydrogen) atoms. The van der Waals surface area contributed by atoms with Gasteiger partial charge in [-0.2, -0.15) is 0 Å². The molecule has 0 aliphatic carbocycles. The van der Waals surface area contributed by atoms with Crippen LogP contribution in [-0.4, -0.2) is 63.0 Å². The highest BCUT2D eigenvalue weighted by Crippen LogP contribution is 2.23. The minimum Gasteiger partial charge on any atom is -0.336 e. The smallest absolute Gasteiger partial charge is 0.272 e. The minimum atomic E-state index is -0.356. The van der Waals surface area contributed by atoms with Gasteiger partial charge in [0.25, 0.3) is 5.91 Å². The van der Waals surface area contributed by atoms with Crippen LogP contribution in [0.2, 0.25) is 0 Å². The fourth-order valence-corrected chi connectivity index (χ4v) is 3.96. The maximum atomic E-state index is 13.2. The maximum Gasteiger partial charge on any atom is 0.272 e. The second-order valence-corrected chi connectivity index (χ2v) is 8.71. The van der Waals surface area contributed by atoms with Crippen LogP contribution in [0, 0.1) is 29.5 Å². The first-order valence-corrected chi connectivity index (χ1v) is 11.3. The number of H-pyrrole nitrogens is 1. The Hall–Kier alpha value is -3.73. The summed E-state index contributed by atoms with van der Waals surface area (Å²) < 4.78 is 13.2. The number of piperazine rings is 1. The molecular formula is C26H30FN5O2. The number of aromatic amines is 1. The number of imidazole rings is 1. The lowest BCUT2D eigenvalue weighted by molar-refractivity contribution is -0.135. The van der Waals surface area contributed by atoms with Crippen molar-refractivity contribution in [1.82, 2.24) is 19.8 Å². The Labute approximate surface area is 199 Å². The van der Waals surface area contributed by atoms with Gasteiger partial charge < -0.3 is 20.2 Å². The molecule has 2 aromatic rings. The Balaban J connectivity index is 1.72. The Morgan fingerprint density at radius 3 is 2.65 bits per heavy atom. The lowest BCUT2D eigenvalue weighted by Crippen LogP contribution is -2.55. The molecule has 178 valence electrons. The highest BCUT2D eigenvalue weighted by molar-refractivity contribution is 6.10. The maximum absolute atomic E-state index is 13.2. The van der Waals surface area contributed by atoms with Gasteiger partial charge >= 0.3 is 0 Å². The number of nitrogens with one attached hydrogen (secondary N) is 2. The minimum absolute atomic E-state index is 0.0108. The van der Waals surface area contributed by atoms with Crippen molar-refractivity contribution in [3.63, 3.8) is 0 Å². The van der Waals surface area contributed by atoms with E-state index >= 15 is 0 Å². The van der Waals surface area contributed by atoms with Gasteiger partial charge in [0.2, 0.25) is 5.91 Å². The molecule has 0 spiro atoms. The number of aromatic nitrogens is 2. The fraction of sp³-hybridized carbons (Fsp3) is 0.385. The van der Waals surface area contributed by atoms with Crippen LogP contribution in [0.5, 0.6) is 0 Å². The number of benzene rings is 1. The predicted octanol–water partition coefficient (Wildman–Crippen LogP) is 3.74. The first kappa shape index (κ1) is 24.9. The van der Waals surface area contributed by atoms with E-state index in [9.17, 15) is 14.0 Å². The van der Waals surface area contributed by atoms with E-state index < -0.39 is 0 Å². The highest BCUT2D eigenvalue weighted by atomic mass is 19.1. The van der Waals surface area contributed by atoms with Crippen molar-refractivity contribution >= 4 is 23.1 Å². The molecule has 2 N–H and O–H groups in total. The van der Waals surface area contributed by atoms with Crippen molar-refractivity contribution in [2.75, 3.05) is 19.6 Å².